The van der Waals surface area contributed by atoms with Crippen LogP contribution in [0.5, 0.6) is 0 Å². The lowest BCUT2D eigenvalue weighted by molar-refractivity contribution is 0.0936. The van der Waals surface area contributed by atoms with Crippen molar-refractivity contribution in [2.45, 2.75) is 13.5 Å². The van der Waals surface area contributed by atoms with E-state index in [2.05, 4.69) is 36.5 Å². The lowest BCUT2D eigenvalue weighted by atomic mass is 10.2. The molecule has 8 heteroatoms. The Kier molecular flexibility index (Phi) is 4.24. The van der Waals surface area contributed by atoms with Crippen LogP contribution >= 0.6 is 15.9 Å². The third-order valence-electron chi connectivity index (χ3n) is 3.26. The third-order valence-corrected chi connectivity index (χ3v) is 4.21. The molecule has 3 aromatic rings. The Bertz CT molecular complexity index is 841. The summed E-state index contributed by atoms with van der Waals surface area (Å²) in [6, 6.07) is 9.49. The molecule has 2 heterocycles. The van der Waals surface area contributed by atoms with Crippen molar-refractivity contribution in [2.75, 3.05) is 0 Å². The maximum atomic E-state index is 12.3. The fourth-order valence-corrected chi connectivity index (χ4v) is 2.67. The van der Waals surface area contributed by atoms with E-state index in [4.69, 9.17) is 4.52 Å². The van der Waals surface area contributed by atoms with Gasteiger partial charge in [-0.25, -0.2) is 0 Å². The monoisotopic (exact) mass is 375 g/mol. The van der Waals surface area contributed by atoms with E-state index in [0.29, 0.717) is 21.9 Å². The summed E-state index contributed by atoms with van der Waals surface area (Å²) in [4.78, 5) is 16.5. The summed E-state index contributed by atoms with van der Waals surface area (Å²) in [5.74, 6) is 0.569. The van der Waals surface area contributed by atoms with Gasteiger partial charge in [0.05, 0.1) is 16.7 Å². The zero-order valence-corrected chi connectivity index (χ0v) is 14.2. The number of aromatic nitrogens is 4. The Morgan fingerprint density at radius 1 is 1.35 bits per heavy atom. The molecular formula is C15H14BrN5O2. The second-order valence-electron chi connectivity index (χ2n) is 4.93. The van der Waals surface area contributed by atoms with Crippen LogP contribution < -0.4 is 5.32 Å². The van der Waals surface area contributed by atoms with Crippen LogP contribution in [-0.4, -0.2) is 25.8 Å². The van der Waals surface area contributed by atoms with Crippen molar-refractivity contribution < 1.29 is 9.32 Å². The smallest absolute Gasteiger partial charge is 0.271 e. The highest BCUT2D eigenvalue weighted by Crippen LogP contribution is 2.20. The van der Waals surface area contributed by atoms with Crippen LogP contribution in [0.1, 0.15) is 22.1 Å². The first kappa shape index (κ1) is 15.4. The molecule has 0 radical (unpaired) electrons. The SMILES string of the molecule is Cc1nn(C)c(C(=O)NCc2nc(-c3ccccc3)no2)c1Br. The first-order valence-corrected chi connectivity index (χ1v) is 7.71. The summed E-state index contributed by atoms with van der Waals surface area (Å²) < 4.78 is 7.36. The number of rotatable bonds is 4. The Morgan fingerprint density at radius 3 is 2.74 bits per heavy atom. The van der Waals surface area contributed by atoms with Crippen LogP contribution in [0.3, 0.4) is 0 Å². The minimum atomic E-state index is -0.264. The number of halogens is 1. The van der Waals surface area contributed by atoms with Crippen LogP contribution in [0.25, 0.3) is 11.4 Å². The molecule has 0 fully saturated rings. The van der Waals surface area contributed by atoms with Crippen molar-refractivity contribution in [3.8, 4) is 11.4 Å². The van der Waals surface area contributed by atoms with Crippen LogP contribution in [0, 0.1) is 6.92 Å². The number of hydrogen-bond acceptors (Lipinski definition) is 5. The summed E-state index contributed by atoms with van der Waals surface area (Å²) in [5, 5.41) is 10.8. The predicted octanol–water partition coefficient (Wildman–Crippen LogP) is 2.47. The van der Waals surface area contributed by atoms with Gasteiger partial charge in [0.1, 0.15) is 5.69 Å². The maximum absolute atomic E-state index is 12.3. The van der Waals surface area contributed by atoms with Crippen molar-refractivity contribution in [1.29, 1.82) is 0 Å². The van der Waals surface area contributed by atoms with Crippen molar-refractivity contribution in [2.24, 2.45) is 7.05 Å². The second kappa shape index (κ2) is 6.33. The van der Waals surface area contributed by atoms with Gasteiger partial charge in [-0.05, 0) is 22.9 Å². The zero-order chi connectivity index (χ0) is 16.4. The molecule has 1 aromatic carbocycles. The maximum Gasteiger partial charge on any atom is 0.271 e. The minimum absolute atomic E-state index is 0.148. The lowest BCUT2D eigenvalue weighted by Gasteiger charge is -2.03. The minimum Gasteiger partial charge on any atom is -0.342 e. The van der Waals surface area contributed by atoms with Gasteiger partial charge < -0.3 is 9.84 Å². The van der Waals surface area contributed by atoms with Gasteiger partial charge in [-0.1, -0.05) is 35.5 Å². The Labute approximate surface area is 140 Å². The molecule has 0 aliphatic heterocycles. The highest BCUT2D eigenvalue weighted by molar-refractivity contribution is 9.10. The predicted molar refractivity (Wildman–Crippen MR) is 86.5 cm³/mol. The fraction of sp³-hybridized carbons (Fsp3) is 0.200. The molecule has 1 amide bonds. The van der Waals surface area contributed by atoms with Gasteiger partial charge in [-0.3, -0.25) is 9.48 Å². The number of hydrogen-bond donors (Lipinski definition) is 1. The molecule has 0 aliphatic carbocycles. The fourth-order valence-electron chi connectivity index (χ4n) is 2.15. The molecule has 1 N–H and O–H groups in total. The molecule has 23 heavy (non-hydrogen) atoms. The van der Waals surface area contributed by atoms with Crippen molar-refractivity contribution in [3.05, 3.63) is 52.1 Å². The van der Waals surface area contributed by atoms with Gasteiger partial charge in [-0.15, -0.1) is 0 Å². The van der Waals surface area contributed by atoms with Gasteiger partial charge in [0.2, 0.25) is 11.7 Å². The number of carbonyl (C=O) groups is 1. The van der Waals surface area contributed by atoms with E-state index < -0.39 is 0 Å². The summed E-state index contributed by atoms with van der Waals surface area (Å²) in [5.41, 5.74) is 2.06. The summed E-state index contributed by atoms with van der Waals surface area (Å²) >= 11 is 3.37. The topological polar surface area (TPSA) is 85.8 Å². The van der Waals surface area contributed by atoms with Gasteiger partial charge in [0.15, 0.2) is 0 Å². The summed E-state index contributed by atoms with van der Waals surface area (Å²) in [6.45, 7) is 1.97. The van der Waals surface area contributed by atoms with Crippen LogP contribution in [0.15, 0.2) is 39.3 Å². The standard InChI is InChI=1S/C15H14BrN5O2/c1-9-12(16)13(21(2)19-9)15(22)17-8-11-18-14(20-23-11)10-6-4-3-5-7-10/h3-7H,8H2,1-2H3,(H,17,22). The molecule has 0 atom stereocenters. The Balaban J connectivity index is 1.69. The van der Waals surface area contributed by atoms with E-state index >= 15 is 0 Å². The first-order chi connectivity index (χ1) is 11.1. The Morgan fingerprint density at radius 2 is 2.09 bits per heavy atom. The van der Waals surface area contributed by atoms with Crippen LogP contribution in [-0.2, 0) is 13.6 Å². The number of aryl methyl sites for hydroxylation is 2. The highest BCUT2D eigenvalue weighted by Gasteiger charge is 2.19. The lowest BCUT2D eigenvalue weighted by Crippen LogP contribution is -2.25. The summed E-state index contributed by atoms with van der Waals surface area (Å²) in [7, 11) is 1.72. The number of nitrogens with zero attached hydrogens (tertiary/aromatic N) is 4. The molecule has 2 aromatic heterocycles. The molecular weight excluding hydrogens is 362 g/mol. The van der Waals surface area contributed by atoms with Gasteiger partial charge in [0.25, 0.3) is 5.91 Å². The van der Waals surface area contributed by atoms with Crippen molar-refractivity contribution in [3.63, 3.8) is 0 Å². The quantitative estimate of drug-likeness (QED) is 0.756. The van der Waals surface area contributed by atoms with E-state index in [-0.39, 0.29) is 12.5 Å². The Hall–Kier alpha value is -2.48. The van der Waals surface area contributed by atoms with Crippen molar-refractivity contribution in [1.82, 2.24) is 25.2 Å². The third kappa shape index (κ3) is 3.16. The van der Waals surface area contributed by atoms with Crippen LogP contribution in [0.4, 0.5) is 0 Å². The molecule has 0 aliphatic rings. The van der Waals surface area contributed by atoms with Gasteiger partial charge in [-0.2, -0.15) is 10.1 Å². The largest absolute Gasteiger partial charge is 0.342 e. The number of carbonyl (C=O) groups excluding carboxylic acids is 1. The molecule has 7 nitrogen and oxygen atoms in total. The molecule has 0 spiro atoms. The van der Waals surface area contributed by atoms with E-state index in [1.807, 2.05) is 37.3 Å². The van der Waals surface area contributed by atoms with E-state index in [1.165, 1.54) is 4.68 Å². The first-order valence-electron chi connectivity index (χ1n) is 6.91. The molecule has 3 rings (SSSR count). The molecule has 0 bridgehead atoms. The molecule has 0 unspecified atom stereocenters. The number of benzene rings is 1. The average molecular weight is 376 g/mol. The molecule has 0 saturated carbocycles. The zero-order valence-electron chi connectivity index (χ0n) is 12.6. The van der Waals surface area contributed by atoms with E-state index in [0.717, 1.165) is 11.3 Å². The number of amides is 1. The van der Waals surface area contributed by atoms with E-state index in [1.54, 1.807) is 7.05 Å². The average Bonchev–Trinajstić information content (AvgIpc) is 3.11. The second-order valence-corrected chi connectivity index (χ2v) is 5.73. The number of nitrogens with one attached hydrogen (secondary N) is 1. The van der Waals surface area contributed by atoms with E-state index in [9.17, 15) is 4.79 Å². The normalized spacial score (nSPS) is 10.7. The molecule has 0 saturated heterocycles. The summed E-state index contributed by atoms with van der Waals surface area (Å²) in [6.07, 6.45) is 0. The highest BCUT2D eigenvalue weighted by atomic mass is 79.9. The van der Waals surface area contributed by atoms with Gasteiger partial charge >= 0.3 is 0 Å². The van der Waals surface area contributed by atoms with Crippen LogP contribution in [0.2, 0.25) is 0 Å². The van der Waals surface area contributed by atoms with Crippen molar-refractivity contribution >= 4 is 21.8 Å². The van der Waals surface area contributed by atoms with Gasteiger partial charge in [0, 0.05) is 12.6 Å². The molecule has 118 valence electrons.